The molecule has 0 amide bonds. The van der Waals surface area contributed by atoms with Gasteiger partial charge in [-0.15, -0.1) is 24.0 Å². The molecule has 1 saturated heterocycles. The van der Waals surface area contributed by atoms with Gasteiger partial charge in [0, 0.05) is 31.2 Å². The maximum atomic E-state index is 5.93. The van der Waals surface area contributed by atoms with Crippen LogP contribution in [0.15, 0.2) is 4.99 Å². The van der Waals surface area contributed by atoms with E-state index in [0.717, 1.165) is 37.6 Å². The Labute approximate surface area is 144 Å². The average molecular weight is 417 g/mol. The zero-order chi connectivity index (χ0) is 13.8. The van der Waals surface area contributed by atoms with Gasteiger partial charge in [0.25, 0.3) is 0 Å². The first-order valence-corrected chi connectivity index (χ1v) is 8.28. The first kappa shape index (κ1) is 20.3. The van der Waals surface area contributed by atoms with Gasteiger partial charge in [0.1, 0.15) is 0 Å². The van der Waals surface area contributed by atoms with E-state index in [0.29, 0.717) is 32.3 Å². The lowest BCUT2D eigenvalue weighted by molar-refractivity contribution is 0.0497. The molecule has 1 aliphatic heterocycles. The van der Waals surface area contributed by atoms with Crippen LogP contribution in [-0.2, 0) is 9.47 Å². The third-order valence-electron chi connectivity index (χ3n) is 2.86. The van der Waals surface area contributed by atoms with Gasteiger partial charge >= 0.3 is 0 Å². The fourth-order valence-electron chi connectivity index (χ4n) is 1.69. The summed E-state index contributed by atoms with van der Waals surface area (Å²) in [5.41, 5.74) is 5.93. The Morgan fingerprint density at radius 3 is 2.45 bits per heavy atom. The quantitative estimate of drug-likeness (QED) is 0.268. The van der Waals surface area contributed by atoms with E-state index < -0.39 is 0 Å². The second kappa shape index (κ2) is 14.2. The zero-order valence-electron chi connectivity index (χ0n) is 12.4. The van der Waals surface area contributed by atoms with Crippen molar-refractivity contribution in [1.29, 1.82) is 0 Å². The highest BCUT2D eigenvalue weighted by Crippen LogP contribution is 2.08. The topological polar surface area (TPSA) is 60.1 Å². The molecule has 0 bridgehead atoms. The number of nitrogens with zero attached hydrogens (tertiary/aromatic N) is 2. The summed E-state index contributed by atoms with van der Waals surface area (Å²) in [5.74, 6) is 2.94. The van der Waals surface area contributed by atoms with E-state index in [1.165, 1.54) is 6.42 Å². The van der Waals surface area contributed by atoms with Crippen molar-refractivity contribution < 1.29 is 9.47 Å². The number of unbranched alkanes of at least 4 members (excludes halogenated alkanes) is 1. The van der Waals surface area contributed by atoms with E-state index in [2.05, 4.69) is 16.8 Å². The second-order valence-electron chi connectivity index (χ2n) is 4.42. The van der Waals surface area contributed by atoms with Crippen molar-refractivity contribution in [2.75, 3.05) is 57.6 Å². The third-order valence-corrected chi connectivity index (χ3v) is 3.80. The molecule has 0 aliphatic carbocycles. The Hall–Kier alpha value is 0.270. The fourth-order valence-corrected chi connectivity index (χ4v) is 2.59. The van der Waals surface area contributed by atoms with Gasteiger partial charge in [-0.3, -0.25) is 4.99 Å². The van der Waals surface area contributed by atoms with E-state index in [4.69, 9.17) is 15.2 Å². The number of aliphatic imine (C=N–C) groups is 1. The summed E-state index contributed by atoms with van der Waals surface area (Å²) in [7, 11) is 0. The van der Waals surface area contributed by atoms with Crippen molar-refractivity contribution in [2.45, 2.75) is 19.8 Å². The van der Waals surface area contributed by atoms with E-state index in [1.807, 2.05) is 11.8 Å². The van der Waals surface area contributed by atoms with Gasteiger partial charge in [-0.25, -0.2) is 0 Å². The predicted molar refractivity (Wildman–Crippen MR) is 97.3 cm³/mol. The molecular weight excluding hydrogens is 389 g/mol. The maximum Gasteiger partial charge on any atom is 0.191 e. The summed E-state index contributed by atoms with van der Waals surface area (Å²) < 4.78 is 10.8. The van der Waals surface area contributed by atoms with Crippen LogP contribution in [0.3, 0.4) is 0 Å². The van der Waals surface area contributed by atoms with E-state index >= 15 is 0 Å². The number of nitrogens with two attached hydrogens (primary N) is 1. The molecule has 5 nitrogen and oxygen atoms in total. The summed E-state index contributed by atoms with van der Waals surface area (Å²) in [6.07, 6.45) is 2.29. The summed E-state index contributed by atoms with van der Waals surface area (Å²) in [4.78, 5) is 6.48. The van der Waals surface area contributed by atoms with Crippen LogP contribution in [0.4, 0.5) is 0 Å². The molecule has 0 atom stereocenters. The highest BCUT2D eigenvalue weighted by atomic mass is 127. The Morgan fingerprint density at radius 2 is 1.80 bits per heavy atom. The Balaban J connectivity index is 0.00000361. The molecule has 0 radical (unpaired) electrons. The standard InChI is InChI=1S/C13H27N3O2S.HI/c1-2-3-7-17-9-10-18-8-4-15-13(14)16-5-11-19-12-6-16;/h2-12H2,1H3,(H2,14,15);1H. The lowest BCUT2D eigenvalue weighted by Gasteiger charge is -2.27. The Morgan fingerprint density at radius 1 is 1.15 bits per heavy atom. The molecule has 0 aromatic rings. The number of thioether (sulfide) groups is 1. The van der Waals surface area contributed by atoms with Gasteiger partial charge < -0.3 is 20.1 Å². The summed E-state index contributed by atoms with van der Waals surface area (Å²) in [5, 5.41) is 0. The molecule has 0 spiro atoms. The lowest BCUT2D eigenvalue weighted by Crippen LogP contribution is -2.42. The van der Waals surface area contributed by atoms with Crippen LogP contribution in [0.1, 0.15) is 19.8 Å². The van der Waals surface area contributed by atoms with Crippen LogP contribution in [0, 0.1) is 0 Å². The van der Waals surface area contributed by atoms with E-state index in [1.54, 1.807) is 0 Å². The highest BCUT2D eigenvalue weighted by Gasteiger charge is 2.11. The first-order chi connectivity index (χ1) is 9.34. The molecule has 1 fully saturated rings. The molecule has 0 saturated carbocycles. The number of ether oxygens (including phenoxy) is 2. The van der Waals surface area contributed by atoms with Crippen LogP contribution in [-0.4, -0.2) is 68.4 Å². The third kappa shape index (κ3) is 10.1. The van der Waals surface area contributed by atoms with Gasteiger partial charge in [-0.1, -0.05) is 13.3 Å². The molecule has 1 aliphatic rings. The first-order valence-electron chi connectivity index (χ1n) is 7.12. The lowest BCUT2D eigenvalue weighted by atomic mass is 10.4. The predicted octanol–water partition coefficient (Wildman–Crippen LogP) is 1.80. The van der Waals surface area contributed by atoms with Crippen LogP contribution in [0.5, 0.6) is 0 Å². The van der Waals surface area contributed by atoms with Gasteiger partial charge in [0.2, 0.25) is 0 Å². The minimum Gasteiger partial charge on any atom is -0.379 e. The highest BCUT2D eigenvalue weighted by molar-refractivity contribution is 14.0. The molecule has 20 heavy (non-hydrogen) atoms. The van der Waals surface area contributed by atoms with Gasteiger partial charge in [-0.05, 0) is 6.42 Å². The van der Waals surface area contributed by atoms with Crippen molar-refractivity contribution in [2.24, 2.45) is 10.7 Å². The van der Waals surface area contributed by atoms with Crippen molar-refractivity contribution in [1.82, 2.24) is 4.90 Å². The molecule has 2 N–H and O–H groups in total. The Kier molecular flexibility index (Phi) is 14.4. The van der Waals surface area contributed by atoms with Gasteiger partial charge in [-0.2, -0.15) is 11.8 Å². The number of hydrogen-bond acceptors (Lipinski definition) is 4. The van der Waals surface area contributed by atoms with E-state index in [9.17, 15) is 0 Å². The Bertz CT molecular complexity index is 252. The van der Waals surface area contributed by atoms with Crippen LogP contribution < -0.4 is 5.73 Å². The molecule has 7 heteroatoms. The van der Waals surface area contributed by atoms with Gasteiger partial charge in [0.05, 0.1) is 26.4 Å². The van der Waals surface area contributed by atoms with Crippen molar-refractivity contribution in [3.05, 3.63) is 0 Å². The van der Waals surface area contributed by atoms with Crippen LogP contribution in [0.2, 0.25) is 0 Å². The largest absolute Gasteiger partial charge is 0.379 e. The number of guanidine groups is 1. The zero-order valence-corrected chi connectivity index (χ0v) is 15.5. The number of halogens is 1. The minimum absolute atomic E-state index is 0. The molecular formula is C13H28IN3O2S. The monoisotopic (exact) mass is 417 g/mol. The maximum absolute atomic E-state index is 5.93. The molecule has 1 heterocycles. The van der Waals surface area contributed by atoms with Crippen molar-refractivity contribution >= 4 is 41.7 Å². The minimum atomic E-state index is 0. The van der Waals surface area contributed by atoms with Crippen molar-refractivity contribution in [3.63, 3.8) is 0 Å². The van der Waals surface area contributed by atoms with Crippen LogP contribution >= 0.6 is 35.7 Å². The summed E-state index contributed by atoms with van der Waals surface area (Å²) in [6.45, 7) is 7.55. The molecule has 120 valence electrons. The summed E-state index contributed by atoms with van der Waals surface area (Å²) >= 11 is 1.97. The molecule has 0 aromatic heterocycles. The van der Waals surface area contributed by atoms with Crippen molar-refractivity contribution in [3.8, 4) is 0 Å². The number of rotatable bonds is 9. The average Bonchev–Trinajstić information content (AvgIpc) is 2.46. The normalized spacial score (nSPS) is 16.1. The molecule has 0 aromatic carbocycles. The molecule has 0 unspecified atom stereocenters. The SMILES string of the molecule is CCCCOCCOCCN=C(N)N1CCSCC1.I. The fraction of sp³-hybridized carbons (Fsp3) is 0.923. The smallest absolute Gasteiger partial charge is 0.191 e. The van der Waals surface area contributed by atoms with Crippen LogP contribution in [0.25, 0.3) is 0 Å². The van der Waals surface area contributed by atoms with Gasteiger partial charge in [0.15, 0.2) is 5.96 Å². The second-order valence-corrected chi connectivity index (χ2v) is 5.64. The summed E-state index contributed by atoms with van der Waals surface area (Å²) in [6, 6.07) is 0. The number of hydrogen-bond donors (Lipinski definition) is 1. The van der Waals surface area contributed by atoms with E-state index in [-0.39, 0.29) is 24.0 Å². The molecule has 1 rings (SSSR count).